The van der Waals surface area contributed by atoms with Crippen LogP contribution in [0.3, 0.4) is 0 Å². The van der Waals surface area contributed by atoms with E-state index >= 15 is 0 Å². The average Bonchev–Trinajstić information content (AvgIpc) is 1.99. The lowest BCUT2D eigenvalue weighted by Crippen LogP contribution is -2.20. The van der Waals surface area contributed by atoms with Crippen molar-refractivity contribution in [3.8, 4) is 0 Å². The third-order valence-corrected chi connectivity index (χ3v) is 1.95. The van der Waals surface area contributed by atoms with Crippen LogP contribution in [0, 0.1) is 0 Å². The number of aliphatic hydroxyl groups excluding tert-OH is 1. The standard InChI is InChI=1S/C8H5Cl2F3O/c9-5-1-4(2-6(10)3-5)7(14)8(11,12)13/h1-3,7,14H/t7-/m0/s1. The monoisotopic (exact) mass is 244 g/mol. The van der Waals surface area contributed by atoms with Gasteiger partial charge in [0.25, 0.3) is 0 Å². The van der Waals surface area contributed by atoms with E-state index in [0.717, 1.165) is 12.1 Å². The lowest BCUT2D eigenvalue weighted by molar-refractivity contribution is -0.206. The smallest absolute Gasteiger partial charge is 0.379 e. The normalized spacial score (nSPS) is 14.1. The zero-order chi connectivity index (χ0) is 10.9. The lowest BCUT2D eigenvalue weighted by Gasteiger charge is -2.15. The van der Waals surface area contributed by atoms with Crippen molar-refractivity contribution >= 4 is 23.2 Å². The van der Waals surface area contributed by atoms with Crippen LogP contribution in [-0.2, 0) is 0 Å². The minimum Gasteiger partial charge on any atom is -0.379 e. The van der Waals surface area contributed by atoms with Gasteiger partial charge in [-0.3, -0.25) is 0 Å². The van der Waals surface area contributed by atoms with Gasteiger partial charge in [-0.15, -0.1) is 0 Å². The highest BCUT2D eigenvalue weighted by molar-refractivity contribution is 6.34. The molecule has 0 aliphatic rings. The fourth-order valence-electron chi connectivity index (χ4n) is 0.922. The number of aliphatic hydroxyl groups is 1. The van der Waals surface area contributed by atoms with Gasteiger partial charge in [-0.05, 0) is 23.8 Å². The fraction of sp³-hybridized carbons (Fsp3) is 0.250. The maximum absolute atomic E-state index is 12.1. The quantitative estimate of drug-likeness (QED) is 0.801. The molecule has 0 amide bonds. The molecule has 0 saturated carbocycles. The van der Waals surface area contributed by atoms with Gasteiger partial charge in [0.2, 0.25) is 0 Å². The van der Waals surface area contributed by atoms with E-state index in [1.54, 1.807) is 0 Å². The summed E-state index contributed by atoms with van der Waals surface area (Å²) in [5.41, 5.74) is -0.366. The predicted octanol–water partition coefficient (Wildman–Crippen LogP) is 3.59. The Kier molecular flexibility index (Phi) is 3.29. The van der Waals surface area contributed by atoms with Crippen LogP contribution >= 0.6 is 23.2 Å². The summed E-state index contributed by atoms with van der Waals surface area (Å²) in [7, 11) is 0. The molecule has 0 aromatic heterocycles. The van der Waals surface area contributed by atoms with Gasteiger partial charge < -0.3 is 5.11 Å². The Bertz CT molecular complexity index is 318. The van der Waals surface area contributed by atoms with Gasteiger partial charge in [0.05, 0.1) is 0 Å². The van der Waals surface area contributed by atoms with E-state index in [9.17, 15) is 13.2 Å². The molecule has 1 atom stereocenters. The second-order valence-electron chi connectivity index (χ2n) is 2.65. The third-order valence-electron chi connectivity index (χ3n) is 1.51. The van der Waals surface area contributed by atoms with Crippen molar-refractivity contribution in [3.63, 3.8) is 0 Å². The highest BCUT2D eigenvalue weighted by atomic mass is 35.5. The molecule has 0 unspecified atom stereocenters. The van der Waals surface area contributed by atoms with Gasteiger partial charge in [-0.2, -0.15) is 13.2 Å². The molecule has 78 valence electrons. The van der Waals surface area contributed by atoms with Crippen molar-refractivity contribution in [2.24, 2.45) is 0 Å². The second kappa shape index (κ2) is 3.96. The summed E-state index contributed by atoms with van der Waals surface area (Å²) in [6.07, 6.45) is -7.27. The Balaban J connectivity index is 3.07. The summed E-state index contributed by atoms with van der Waals surface area (Å²) in [6.45, 7) is 0. The molecule has 1 nitrogen and oxygen atoms in total. The minimum atomic E-state index is -4.71. The van der Waals surface area contributed by atoms with Gasteiger partial charge in [-0.25, -0.2) is 0 Å². The Hall–Kier alpha value is -0.450. The van der Waals surface area contributed by atoms with Crippen LogP contribution < -0.4 is 0 Å². The van der Waals surface area contributed by atoms with Crippen LogP contribution in [-0.4, -0.2) is 11.3 Å². The largest absolute Gasteiger partial charge is 0.418 e. The Morgan fingerprint density at radius 2 is 1.50 bits per heavy atom. The lowest BCUT2D eigenvalue weighted by atomic mass is 10.1. The third kappa shape index (κ3) is 2.77. The predicted molar refractivity (Wildman–Crippen MR) is 47.5 cm³/mol. The van der Waals surface area contributed by atoms with Crippen molar-refractivity contribution in [2.45, 2.75) is 12.3 Å². The molecular weight excluding hydrogens is 240 g/mol. The number of hydrogen-bond acceptors (Lipinski definition) is 1. The molecule has 0 heterocycles. The Labute approximate surface area is 88.1 Å². The van der Waals surface area contributed by atoms with Crippen molar-refractivity contribution in [1.29, 1.82) is 0 Å². The average molecular weight is 245 g/mol. The summed E-state index contributed by atoms with van der Waals surface area (Å²) in [5.74, 6) is 0. The fourth-order valence-corrected chi connectivity index (χ4v) is 1.46. The van der Waals surface area contributed by atoms with Crippen LogP contribution in [0.1, 0.15) is 11.7 Å². The Morgan fingerprint density at radius 3 is 1.86 bits per heavy atom. The van der Waals surface area contributed by atoms with Crippen molar-refractivity contribution in [3.05, 3.63) is 33.8 Å². The van der Waals surface area contributed by atoms with Crippen LogP contribution in [0.4, 0.5) is 13.2 Å². The molecule has 0 aliphatic heterocycles. The van der Waals surface area contributed by atoms with E-state index in [2.05, 4.69) is 0 Å². The minimum absolute atomic E-state index is 0.0517. The van der Waals surface area contributed by atoms with E-state index in [-0.39, 0.29) is 15.6 Å². The number of hydrogen-bond donors (Lipinski definition) is 1. The summed E-state index contributed by atoms with van der Waals surface area (Å²) in [4.78, 5) is 0. The number of rotatable bonds is 1. The van der Waals surface area contributed by atoms with Crippen LogP contribution in [0.5, 0.6) is 0 Å². The van der Waals surface area contributed by atoms with Crippen molar-refractivity contribution in [2.75, 3.05) is 0 Å². The van der Waals surface area contributed by atoms with Crippen LogP contribution in [0.25, 0.3) is 0 Å². The summed E-state index contributed by atoms with van der Waals surface area (Å²) >= 11 is 11.0. The molecule has 1 aromatic carbocycles. The second-order valence-corrected chi connectivity index (χ2v) is 3.52. The molecule has 0 aliphatic carbocycles. The van der Waals surface area contributed by atoms with Gasteiger partial charge >= 0.3 is 6.18 Å². The first-order chi connectivity index (χ1) is 6.30. The molecule has 0 radical (unpaired) electrons. The Morgan fingerprint density at radius 1 is 1.07 bits per heavy atom. The maximum atomic E-state index is 12.1. The SMILES string of the molecule is O[C@@H](c1cc(Cl)cc(Cl)c1)C(F)(F)F. The molecule has 0 bridgehead atoms. The number of halogens is 5. The first-order valence-electron chi connectivity index (χ1n) is 3.51. The molecule has 1 N–H and O–H groups in total. The van der Waals surface area contributed by atoms with Crippen molar-refractivity contribution in [1.82, 2.24) is 0 Å². The highest BCUT2D eigenvalue weighted by Crippen LogP contribution is 2.34. The molecular formula is C8H5Cl2F3O. The molecule has 6 heteroatoms. The van der Waals surface area contributed by atoms with Gasteiger partial charge in [0.1, 0.15) is 0 Å². The number of alkyl halides is 3. The number of benzene rings is 1. The van der Waals surface area contributed by atoms with Crippen molar-refractivity contribution < 1.29 is 18.3 Å². The van der Waals surface area contributed by atoms with Crippen LogP contribution in [0.2, 0.25) is 10.0 Å². The van der Waals surface area contributed by atoms with Gasteiger partial charge in [-0.1, -0.05) is 23.2 Å². The maximum Gasteiger partial charge on any atom is 0.418 e. The summed E-state index contributed by atoms with van der Waals surface area (Å²) in [6, 6.07) is 3.33. The topological polar surface area (TPSA) is 20.2 Å². The van der Waals surface area contributed by atoms with E-state index in [1.165, 1.54) is 6.07 Å². The van der Waals surface area contributed by atoms with E-state index < -0.39 is 12.3 Å². The van der Waals surface area contributed by atoms with Gasteiger partial charge in [0, 0.05) is 10.0 Å². The highest BCUT2D eigenvalue weighted by Gasteiger charge is 2.39. The van der Waals surface area contributed by atoms with Gasteiger partial charge in [0.15, 0.2) is 6.10 Å². The molecule has 0 saturated heterocycles. The first-order valence-corrected chi connectivity index (χ1v) is 4.27. The van der Waals surface area contributed by atoms with E-state index in [1.807, 2.05) is 0 Å². The van der Waals surface area contributed by atoms with E-state index in [4.69, 9.17) is 28.3 Å². The molecule has 1 aromatic rings. The summed E-state index contributed by atoms with van der Waals surface area (Å²) in [5, 5.41) is 8.97. The first kappa shape index (κ1) is 11.6. The van der Waals surface area contributed by atoms with E-state index in [0.29, 0.717) is 0 Å². The molecule has 1 rings (SSSR count). The van der Waals surface area contributed by atoms with Crippen LogP contribution in [0.15, 0.2) is 18.2 Å². The zero-order valence-electron chi connectivity index (χ0n) is 6.65. The summed E-state index contributed by atoms with van der Waals surface area (Å²) < 4.78 is 36.2. The zero-order valence-corrected chi connectivity index (χ0v) is 8.16. The molecule has 0 spiro atoms. The molecule has 14 heavy (non-hydrogen) atoms. The molecule has 0 fully saturated rings.